The molecular formula is C14H29NO. The van der Waals surface area contributed by atoms with Gasteiger partial charge in [0.1, 0.15) is 0 Å². The minimum absolute atomic E-state index is 0.0853. The molecule has 4 unspecified atom stereocenters. The fourth-order valence-electron chi connectivity index (χ4n) is 2.03. The second-order valence-corrected chi connectivity index (χ2v) is 5.79. The van der Waals surface area contributed by atoms with Crippen molar-refractivity contribution in [2.24, 2.45) is 29.4 Å². The Hall–Kier alpha value is -0.370. The molecule has 0 heterocycles. The molecular weight excluding hydrogens is 198 g/mol. The zero-order valence-corrected chi connectivity index (χ0v) is 11.8. The zero-order chi connectivity index (χ0) is 12.9. The predicted octanol–water partition coefficient (Wildman–Crippen LogP) is 3.25. The van der Waals surface area contributed by atoms with Crippen LogP contribution in [0, 0.1) is 23.7 Å². The van der Waals surface area contributed by atoms with Crippen LogP contribution in [0.25, 0.3) is 0 Å². The molecule has 96 valence electrons. The lowest BCUT2D eigenvalue weighted by Gasteiger charge is -2.26. The fraction of sp³-hybridized carbons (Fsp3) is 0.929. The van der Waals surface area contributed by atoms with Gasteiger partial charge in [-0.25, -0.2) is 0 Å². The molecule has 0 aliphatic carbocycles. The summed E-state index contributed by atoms with van der Waals surface area (Å²) in [5.74, 6) is 2.05. The monoisotopic (exact) mass is 227 g/mol. The fourth-order valence-corrected chi connectivity index (χ4v) is 2.03. The first kappa shape index (κ1) is 15.6. The molecule has 2 heteroatoms. The SMILES string of the molecule is CC(C)CCC(C)C(C)C(C)C(=O)C(C)N. The number of hydrogen-bond donors (Lipinski definition) is 1. The van der Waals surface area contributed by atoms with Crippen LogP contribution in [0.5, 0.6) is 0 Å². The van der Waals surface area contributed by atoms with Crippen LogP contribution in [0.1, 0.15) is 54.4 Å². The molecule has 0 aromatic rings. The van der Waals surface area contributed by atoms with Gasteiger partial charge in [-0.2, -0.15) is 0 Å². The summed E-state index contributed by atoms with van der Waals surface area (Å²) in [4.78, 5) is 11.8. The Labute approximate surface area is 101 Å². The molecule has 0 amide bonds. The van der Waals surface area contributed by atoms with Gasteiger partial charge in [0.25, 0.3) is 0 Å². The van der Waals surface area contributed by atoms with Crippen LogP contribution < -0.4 is 5.73 Å². The first-order valence-electron chi connectivity index (χ1n) is 6.56. The summed E-state index contributed by atoms with van der Waals surface area (Å²) in [5, 5.41) is 0. The number of nitrogens with two attached hydrogens (primary N) is 1. The summed E-state index contributed by atoms with van der Waals surface area (Å²) in [5.41, 5.74) is 5.65. The van der Waals surface area contributed by atoms with E-state index in [9.17, 15) is 4.79 Å². The van der Waals surface area contributed by atoms with Gasteiger partial charge in [0, 0.05) is 5.92 Å². The normalized spacial score (nSPS) is 19.2. The summed E-state index contributed by atoms with van der Waals surface area (Å²) < 4.78 is 0. The number of ketones is 1. The van der Waals surface area contributed by atoms with Crippen molar-refractivity contribution in [2.75, 3.05) is 0 Å². The van der Waals surface area contributed by atoms with Crippen LogP contribution in [0.15, 0.2) is 0 Å². The van der Waals surface area contributed by atoms with Crippen LogP contribution in [-0.4, -0.2) is 11.8 Å². The molecule has 0 spiro atoms. The second-order valence-electron chi connectivity index (χ2n) is 5.79. The lowest BCUT2D eigenvalue weighted by Crippen LogP contribution is -2.36. The molecule has 0 rings (SSSR count). The lowest BCUT2D eigenvalue weighted by molar-refractivity contribution is -0.125. The Morgan fingerprint density at radius 1 is 1.00 bits per heavy atom. The van der Waals surface area contributed by atoms with Gasteiger partial charge in [0.05, 0.1) is 6.04 Å². The highest BCUT2D eigenvalue weighted by atomic mass is 16.1. The van der Waals surface area contributed by atoms with Gasteiger partial charge in [0.2, 0.25) is 0 Å². The molecule has 2 N–H and O–H groups in total. The number of hydrogen-bond acceptors (Lipinski definition) is 2. The smallest absolute Gasteiger partial charge is 0.152 e. The Balaban J connectivity index is 4.21. The molecule has 4 atom stereocenters. The topological polar surface area (TPSA) is 43.1 Å². The van der Waals surface area contributed by atoms with Crippen LogP contribution in [-0.2, 0) is 4.79 Å². The van der Waals surface area contributed by atoms with Crippen molar-refractivity contribution in [3.63, 3.8) is 0 Å². The summed E-state index contributed by atoms with van der Waals surface area (Å²) in [6.45, 7) is 12.7. The average molecular weight is 227 g/mol. The van der Waals surface area contributed by atoms with Crippen LogP contribution in [0.2, 0.25) is 0 Å². The molecule has 0 aliphatic rings. The maximum absolute atomic E-state index is 11.8. The van der Waals surface area contributed by atoms with E-state index in [0.717, 1.165) is 5.92 Å². The van der Waals surface area contributed by atoms with Crippen molar-refractivity contribution in [1.82, 2.24) is 0 Å². The standard InChI is InChI=1S/C14H29NO/c1-9(2)7-8-10(3)11(4)12(5)14(16)13(6)15/h9-13H,7-8,15H2,1-6H3. The van der Waals surface area contributed by atoms with Gasteiger partial charge in [0.15, 0.2) is 5.78 Å². The van der Waals surface area contributed by atoms with E-state index in [1.807, 2.05) is 6.92 Å². The summed E-state index contributed by atoms with van der Waals surface area (Å²) in [6, 6.07) is -0.324. The Morgan fingerprint density at radius 3 is 1.88 bits per heavy atom. The van der Waals surface area contributed by atoms with E-state index in [1.165, 1.54) is 12.8 Å². The van der Waals surface area contributed by atoms with Crippen molar-refractivity contribution in [1.29, 1.82) is 0 Å². The molecule has 0 aromatic heterocycles. The Kier molecular flexibility index (Phi) is 6.89. The van der Waals surface area contributed by atoms with Gasteiger partial charge in [-0.1, -0.05) is 47.5 Å². The summed E-state index contributed by atoms with van der Waals surface area (Å²) in [6.07, 6.45) is 2.44. The number of carbonyl (C=O) groups is 1. The molecule has 0 aliphatic heterocycles. The molecule has 16 heavy (non-hydrogen) atoms. The van der Waals surface area contributed by atoms with Gasteiger partial charge >= 0.3 is 0 Å². The number of carbonyl (C=O) groups excluding carboxylic acids is 1. The van der Waals surface area contributed by atoms with Crippen molar-refractivity contribution in [3.8, 4) is 0 Å². The van der Waals surface area contributed by atoms with Gasteiger partial charge in [-0.05, 0) is 24.7 Å². The average Bonchev–Trinajstić information content (AvgIpc) is 2.22. The van der Waals surface area contributed by atoms with Crippen LogP contribution in [0.3, 0.4) is 0 Å². The molecule has 0 bridgehead atoms. The van der Waals surface area contributed by atoms with Crippen molar-refractivity contribution >= 4 is 5.78 Å². The maximum Gasteiger partial charge on any atom is 0.152 e. The van der Waals surface area contributed by atoms with Crippen molar-refractivity contribution in [2.45, 2.75) is 60.4 Å². The lowest BCUT2D eigenvalue weighted by atomic mass is 9.78. The third kappa shape index (κ3) is 5.11. The molecule has 0 radical (unpaired) electrons. The molecule has 2 nitrogen and oxygen atoms in total. The third-order valence-corrected chi connectivity index (χ3v) is 3.78. The molecule has 0 saturated heterocycles. The van der Waals surface area contributed by atoms with E-state index >= 15 is 0 Å². The number of rotatable bonds is 7. The van der Waals surface area contributed by atoms with E-state index in [4.69, 9.17) is 5.73 Å². The second kappa shape index (κ2) is 7.05. The molecule has 0 saturated carbocycles. The zero-order valence-electron chi connectivity index (χ0n) is 11.8. The van der Waals surface area contributed by atoms with Gasteiger partial charge < -0.3 is 5.73 Å². The Bertz CT molecular complexity index is 211. The molecule has 0 fully saturated rings. The molecule has 0 aromatic carbocycles. The van der Waals surface area contributed by atoms with Crippen molar-refractivity contribution in [3.05, 3.63) is 0 Å². The minimum atomic E-state index is -0.324. The van der Waals surface area contributed by atoms with Crippen LogP contribution >= 0.6 is 0 Å². The highest BCUT2D eigenvalue weighted by molar-refractivity contribution is 5.85. The van der Waals surface area contributed by atoms with E-state index < -0.39 is 0 Å². The minimum Gasteiger partial charge on any atom is -0.322 e. The quantitative estimate of drug-likeness (QED) is 0.725. The number of Topliss-reactive ketones (excluding diaryl/α,β-unsaturated/α-hetero) is 1. The van der Waals surface area contributed by atoms with Crippen molar-refractivity contribution < 1.29 is 4.79 Å². The van der Waals surface area contributed by atoms with Gasteiger partial charge in [-0.3, -0.25) is 4.79 Å². The van der Waals surface area contributed by atoms with E-state index in [2.05, 4.69) is 27.7 Å². The van der Waals surface area contributed by atoms with E-state index in [0.29, 0.717) is 11.8 Å². The van der Waals surface area contributed by atoms with E-state index in [-0.39, 0.29) is 17.7 Å². The largest absolute Gasteiger partial charge is 0.322 e. The predicted molar refractivity (Wildman–Crippen MR) is 70.2 cm³/mol. The highest BCUT2D eigenvalue weighted by Crippen LogP contribution is 2.26. The van der Waals surface area contributed by atoms with E-state index in [1.54, 1.807) is 6.92 Å². The van der Waals surface area contributed by atoms with Crippen LogP contribution in [0.4, 0.5) is 0 Å². The first-order valence-corrected chi connectivity index (χ1v) is 6.56. The first-order chi connectivity index (χ1) is 7.27. The maximum atomic E-state index is 11.8. The third-order valence-electron chi connectivity index (χ3n) is 3.78. The Morgan fingerprint density at radius 2 is 1.50 bits per heavy atom. The van der Waals surface area contributed by atoms with Gasteiger partial charge in [-0.15, -0.1) is 0 Å². The summed E-state index contributed by atoms with van der Waals surface area (Å²) in [7, 11) is 0. The summed E-state index contributed by atoms with van der Waals surface area (Å²) >= 11 is 0. The highest BCUT2D eigenvalue weighted by Gasteiger charge is 2.26.